The third-order valence-corrected chi connectivity index (χ3v) is 2.94. The third-order valence-electron chi connectivity index (χ3n) is 2.77. The Bertz CT molecular complexity index is 613. The van der Waals surface area contributed by atoms with Crippen LogP contribution in [0.2, 0.25) is 5.28 Å². The fourth-order valence-electron chi connectivity index (χ4n) is 1.86. The highest BCUT2D eigenvalue weighted by atomic mass is 35.5. The first-order valence-corrected chi connectivity index (χ1v) is 6.69. The number of imidazole rings is 1. The van der Waals surface area contributed by atoms with E-state index in [2.05, 4.69) is 20.3 Å². The van der Waals surface area contributed by atoms with Gasteiger partial charge in [-0.3, -0.25) is 4.79 Å². The molecule has 2 aromatic heterocycles. The summed E-state index contributed by atoms with van der Waals surface area (Å²) in [4.78, 5) is 23.2. The second-order valence-corrected chi connectivity index (χ2v) is 4.59. The lowest BCUT2D eigenvalue weighted by Crippen LogP contribution is -2.04. The molecule has 0 radical (unpaired) electrons. The molecule has 8 heteroatoms. The predicted octanol–water partition coefficient (Wildman–Crippen LogP) is 1.86. The molecule has 0 amide bonds. The minimum Gasteiger partial charge on any atom is -0.466 e. The predicted molar refractivity (Wildman–Crippen MR) is 75.7 cm³/mol. The number of anilines is 1. The summed E-state index contributed by atoms with van der Waals surface area (Å²) < 4.78 is 6.80. The summed E-state index contributed by atoms with van der Waals surface area (Å²) in [7, 11) is 1.76. The summed E-state index contributed by atoms with van der Waals surface area (Å²) >= 11 is 5.89. The molecular formula is C12H16ClN5O2. The zero-order valence-electron chi connectivity index (χ0n) is 11.4. The summed E-state index contributed by atoms with van der Waals surface area (Å²) in [6.45, 7) is 2.56. The van der Waals surface area contributed by atoms with E-state index in [0.717, 1.165) is 19.4 Å². The van der Waals surface area contributed by atoms with E-state index in [0.29, 0.717) is 23.6 Å². The van der Waals surface area contributed by atoms with Gasteiger partial charge >= 0.3 is 5.97 Å². The number of nitrogens with zero attached hydrogens (tertiary/aromatic N) is 4. The Labute approximate surface area is 121 Å². The lowest BCUT2D eigenvalue weighted by atomic mass is 10.3. The molecule has 0 aliphatic heterocycles. The molecule has 0 bridgehead atoms. The number of halogens is 1. The van der Waals surface area contributed by atoms with Crippen LogP contribution in [0.3, 0.4) is 0 Å². The van der Waals surface area contributed by atoms with Gasteiger partial charge in [-0.15, -0.1) is 0 Å². The smallest absolute Gasteiger partial charge is 0.302 e. The van der Waals surface area contributed by atoms with E-state index in [1.165, 1.54) is 6.92 Å². The van der Waals surface area contributed by atoms with Gasteiger partial charge in [-0.1, -0.05) is 0 Å². The summed E-state index contributed by atoms with van der Waals surface area (Å²) in [5.74, 6) is 0.356. The Hall–Kier alpha value is -1.89. The van der Waals surface area contributed by atoms with Gasteiger partial charge < -0.3 is 14.6 Å². The van der Waals surface area contributed by atoms with Crippen molar-refractivity contribution < 1.29 is 9.53 Å². The average molecular weight is 298 g/mol. The molecule has 108 valence electrons. The Kier molecular flexibility index (Phi) is 4.73. The van der Waals surface area contributed by atoms with Gasteiger partial charge in [0.2, 0.25) is 5.28 Å². The highest BCUT2D eigenvalue weighted by molar-refractivity contribution is 6.28. The molecule has 0 aliphatic rings. The number of hydrogen-bond acceptors (Lipinski definition) is 6. The maximum atomic E-state index is 10.6. The van der Waals surface area contributed by atoms with Gasteiger partial charge in [-0.25, -0.2) is 4.98 Å². The Balaban J connectivity index is 2.04. The molecule has 0 aromatic carbocycles. The molecule has 0 fully saturated rings. The normalized spacial score (nSPS) is 10.8. The zero-order chi connectivity index (χ0) is 14.5. The Morgan fingerprint density at radius 1 is 1.45 bits per heavy atom. The largest absolute Gasteiger partial charge is 0.466 e. The van der Waals surface area contributed by atoms with E-state index in [4.69, 9.17) is 16.3 Å². The first-order chi connectivity index (χ1) is 9.61. The van der Waals surface area contributed by atoms with E-state index in [1.807, 2.05) is 4.57 Å². The Morgan fingerprint density at radius 3 is 2.95 bits per heavy atom. The van der Waals surface area contributed by atoms with Gasteiger partial charge in [0.15, 0.2) is 17.0 Å². The number of unbranched alkanes of at least 4 members (excludes halogenated alkanes) is 1. The van der Waals surface area contributed by atoms with Gasteiger partial charge in [-0.05, 0) is 24.4 Å². The maximum Gasteiger partial charge on any atom is 0.302 e. The van der Waals surface area contributed by atoms with Crippen molar-refractivity contribution in [2.75, 3.05) is 19.0 Å². The van der Waals surface area contributed by atoms with Crippen molar-refractivity contribution >= 4 is 34.6 Å². The van der Waals surface area contributed by atoms with Crippen LogP contribution in [0.1, 0.15) is 19.8 Å². The molecule has 2 rings (SSSR count). The lowest BCUT2D eigenvalue weighted by molar-refractivity contribution is -0.141. The Morgan fingerprint density at radius 2 is 2.25 bits per heavy atom. The minimum absolute atomic E-state index is 0.184. The molecule has 2 aromatic rings. The van der Waals surface area contributed by atoms with Crippen molar-refractivity contribution in [3.05, 3.63) is 11.6 Å². The van der Waals surface area contributed by atoms with Crippen LogP contribution in [-0.2, 0) is 16.1 Å². The fraction of sp³-hybridized carbons (Fsp3) is 0.500. The molecule has 20 heavy (non-hydrogen) atoms. The van der Waals surface area contributed by atoms with Crippen LogP contribution in [0.5, 0.6) is 0 Å². The number of carbonyl (C=O) groups excluding carboxylic acids is 1. The van der Waals surface area contributed by atoms with Gasteiger partial charge in [0.1, 0.15) is 0 Å². The molecule has 7 nitrogen and oxygen atoms in total. The van der Waals surface area contributed by atoms with Crippen LogP contribution in [0, 0.1) is 0 Å². The second kappa shape index (κ2) is 6.51. The number of nitrogens with one attached hydrogen (secondary N) is 1. The first-order valence-electron chi connectivity index (χ1n) is 6.31. The van der Waals surface area contributed by atoms with Crippen LogP contribution < -0.4 is 5.32 Å². The standard InChI is InChI=1S/C12H16ClN5O2/c1-8(19)20-6-4-3-5-18-7-15-9-10(14-2)16-12(13)17-11(9)18/h7H,3-6H2,1-2H3,(H,14,16,17). The number of ether oxygens (including phenoxy) is 1. The van der Waals surface area contributed by atoms with Crippen molar-refractivity contribution in [2.45, 2.75) is 26.3 Å². The SMILES string of the molecule is CNc1nc(Cl)nc2c1ncn2CCCCOC(C)=O. The number of esters is 1. The minimum atomic E-state index is -0.253. The van der Waals surface area contributed by atoms with Gasteiger partial charge in [0.05, 0.1) is 12.9 Å². The molecule has 0 spiro atoms. The number of hydrogen-bond donors (Lipinski definition) is 1. The van der Waals surface area contributed by atoms with Crippen LogP contribution in [0.25, 0.3) is 11.2 Å². The number of aromatic nitrogens is 4. The molecule has 0 saturated heterocycles. The van der Waals surface area contributed by atoms with Gasteiger partial charge in [0, 0.05) is 20.5 Å². The van der Waals surface area contributed by atoms with E-state index >= 15 is 0 Å². The maximum absolute atomic E-state index is 10.6. The first kappa shape index (κ1) is 14.5. The van der Waals surface area contributed by atoms with Crippen LogP contribution in [0.4, 0.5) is 5.82 Å². The molecule has 0 atom stereocenters. The highest BCUT2D eigenvalue weighted by Gasteiger charge is 2.11. The van der Waals surface area contributed by atoms with E-state index in [9.17, 15) is 4.79 Å². The van der Waals surface area contributed by atoms with E-state index in [1.54, 1.807) is 13.4 Å². The van der Waals surface area contributed by atoms with E-state index in [-0.39, 0.29) is 11.3 Å². The lowest BCUT2D eigenvalue weighted by Gasteiger charge is -2.05. The number of aryl methyl sites for hydroxylation is 1. The van der Waals surface area contributed by atoms with Gasteiger partial charge in [-0.2, -0.15) is 9.97 Å². The topological polar surface area (TPSA) is 81.9 Å². The molecule has 2 heterocycles. The van der Waals surface area contributed by atoms with Crippen LogP contribution in [-0.4, -0.2) is 39.1 Å². The second-order valence-electron chi connectivity index (χ2n) is 4.25. The van der Waals surface area contributed by atoms with Gasteiger partial charge in [0.25, 0.3) is 0 Å². The van der Waals surface area contributed by atoms with Crippen molar-refractivity contribution in [3.63, 3.8) is 0 Å². The molecule has 1 N–H and O–H groups in total. The average Bonchev–Trinajstić information content (AvgIpc) is 2.80. The molecule has 0 saturated carbocycles. The van der Waals surface area contributed by atoms with E-state index < -0.39 is 0 Å². The summed E-state index contributed by atoms with van der Waals surface area (Å²) in [5.41, 5.74) is 1.39. The summed E-state index contributed by atoms with van der Waals surface area (Å²) in [6.07, 6.45) is 3.36. The van der Waals surface area contributed by atoms with Crippen LogP contribution in [0.15, 0.2) is 6.33 Å². The summed E-state index contributed by atoms with van der Waals surface area (Å²) in [5, 5.41) is 3.13. The zero-order valence-corrected chi connectivity index (χ0v) is 12.1. The number of carbonyl (C=O) groups is 1. The molecular weight excluding hydrogens is 282 g/mol. The van der Waals surface area contributed by atoms with Crippen molar-refractivity contribution in [2.24, 2.45) is 0 Å². The quantitative estimate of drug-likeness (QED) is 0.498. The van der Waals surface area contributed by atoms with Crippen molar-refractivity contribution in [3.8, 4) is 0 Å². The third kappa shape index (κ3) is 3.36. The van der Waals surface area contributed by atoms with Crippen molar-refractivity contribution in [1.82, 2.24) is 19.5 Å². The fourth-order valence-corrected chi connectivity index (χ4v) is 2.02. The van der Waals surface area contributed by atoms with Crippen molar-refractivity contribution in [1.29, 1.82) is 0 Å². The molecule has 0 unspecified atom stereocenters. The van der Waals surface area contributed by atoms with Crippen LogP contribution >= 0.6 is 11.6 Å². The highest BCUT2D eigenvalue weighted by Crippen LogP contribution is 2.20. The number of rotatable bonds is 6. The summed E-state index contributed by atoms with van der Waals surface area (Å²) in [6, 6.07) is 0. The monoisotopic (exact) mass is 297 g/mol. The molecule has 0 aliphatic carbocycles. The number of fused-ring (bicyclic) bond motifs is 1.